The molecule has 3 aromatic rings. The zero-order chi connectivity index (χ0) is 16.8. The predicted molar refractivity (Wildman–Crippen MR) is 75.1 cm³/mol. The van der Waals surface area contributed by atoms with Gasteiger partial charge in [0.25, 0.3) is 0 Å². The molecule has 0 aliphatic rings. The summed E-state index contributed by atoms with van der Waals surface area (Å²) in [5, 5.41) is 0.114. The molecule has 0 N–H and O–H groups in total. The van der Waals surface area contributed by atoms with Gasteiger partial charge in [0.05, 0.1) is 21.3 Å². The lowest BCUT2D eigenvalue weighted by Gasteiger charge is -2.13. The molecule has 120 valence electrons. The van der Waals surface area contributed by atoms with Gasteiger partial charge in [-0.05, 0) is 30.3 Å². The van der Waals surface area contributed by atoms with Crippen LogP contribution in [0.3, 0.4) is 0 Å². The van der Waals surface area contributed by atoms with Crippen LogP contribution in [0.15, 0.2) is 42.5 Å². The van der Waals surface area contributed by atoms with Crippen molar-refractivity contribution < 1.29 is 26.3 Å². The Labute approximate surface area is 130 Å². The van der Waals surface area contributed by atoms with E-state index in [1.807, 2.05) is 0 Å². The number of para-hydroxylation sites is 1. The molecule has 1 aromatic heterocycles. The summed E-state index contributed by atoms with van der Waals surface area (Å²) in [6.45, 7) is 0. The Bertz CT molecular complexity index is 797. The summed E-state index contributed by atoms with van der Waals surface area (Å²) in [6, 6.07) is 8.25. The number of rotatable bonds is 1. The van der Waals surface area contributed by atoms with Crippen molar-refractivity contribution in [3.05, 3.63) is 53.6 Å². The standard InChI is InChI=1S/C15H7F6NS/c16-14(17,18)9-5-8(6-10(7-9)15(19,20)21)13-22-11-3-1-2-4-12(11)23-13/h1-7H. The molecule has 1 heterocycles. The molecule has 23 heavy (non-hydrogen) atoms. The lowest BCUT2D eigenvalue weighted by atomic mass is 10.1. The summed E-state index contributed by atoms with van der Waals surface area (Å²) in [5.74, 6) is 0. The molecule has 3 rings (SSSR count). The Morgan fingerprint density at radius 3 is 1.87 bits per heavy atom. The molecule has 0 aliphatic carbocycles. The van der Waals surface area contributed by atoms with Crippen molar-refractivity contribution in [2.45, 2.75) is 12.4 Å². The molecule has 0 saturated heterocycles. The fraction of sp³-hybridized carbons (Fsp3) is 0.133. The summed E-state index contributed by atoms with van der Waals surface area (Å²) in [4.78, 5) is 4.11. The Balaban J connectivity index is 2.21. The molecule has 1 nitrogen and oxygen atoms in total. The summed E-state index contributed by atoms with van der Waals surface area (Å²) >= 11 is 1.04. The van der Waals surface area contributed by atoms with Gasteiger partial charge in [0.2, 0.25) is 0 Å². The Kier molecular flexibility index (Phi) is 3.59. The van der Waals surface area contributed by atoms with Crippen molar-refractivity contribution in [2.24, 2.45) is 0 Å². The number of hydrogen-bond acceptors (Lipinski definition) is 2. The van der Waals surface area contributed by atoms with Crippen molar-refractivity contribution in [2.75, 3.05) is 0 Å². The lowest BCUT2D eigenvalue weighted by Crippen LogP contribution is -2.11. The number of halogens is 6. The third-order valence-electron chi connectivity index (χ3n) is 3.13. The molecule has 8 heteroatoms. The van der Waals surface area contributed by atoms with Crippen LogP contribution in [-0.2, 0) is 12.4 Å². The summed E-state index contributed by atoms with van der Waals surface area (Å²) < 4.78 is 77.9. The van der Waals surface area contributed by atoms with Crippen LogP contribution in [0.5, 0.6) is 0 Å². The zero-order valence-corrected chi connectivity index (χ0v) is 12.0. The first-order valence-electron chi connectivity index (χ1n) is 6.30. The van der Waals surface area contributed by atoms with Gasteiger partial charge in [-0.25, -0.2) is 4.98 Å². The van der Waals surface area contributed by atoms with Crippen molar-refractivity contribution in [3.63, 3.8) is 0 Å². The average molecular weight is 347 g/mol. The molecule has 0 unspecified atom stereocenters. The topological polar surface area (TPSA) is 12.9 Å². The molecule has 0 radical (unpaired) electrons. The molecular weight excluding hydrogens is 340 g/mol. The van der Waals surface area contributed by atoms with Crippen LogP contribution >= 0.6 is 11.3 Å². The molecule has 0 aliphatic heterocycles. The van der Waals surface area contributed by atoms with Crippen molar-refractivity contribution in [3.8, 4) is 10.6 Å². The van der Waals surface area contributed by atoms with Gasteiger partial charge in [-0.3, -0.25) is 0 Å². The molecule has 2 aromatic carbocycles. The summed E-state index contributed by atoms with van der Waals surface area (Å²) in [6.07, 6.45) is -9.74. The van der Waals surface area contributed by atoms with Crippen LogP contribution in [0.4, 0.5) is 26.3 Å². The highest BCUT2D eigenvalue weighted by Crippen LogP contribution is 2.40. The zero-order valence-electron chi connectivity index (χ0n) is 11.2. The fourth-order valence-electron chi connectivity index (χ4n) is 2.07. The SMILES string of the molecule is FC(F)(F)c1cc(-c2nc3ccccc3s2)cc(C(F)(F)F)c1. The first-order valence-corrected chi connectivity index (χ1v) is 7.12. The van der Waals surface area contributed by atoms with E-state index >= 15 is 0 Å². The number of alkyl halides is 6. The van der Waals surface area contributed by atoms with Crippen LogP contribution in [0.1, 0.15) is 11.1 Å². The van der Waals surface area contributed by atoms with Crippen LogP contribution in [-0.4, -0.2) is 4.98 Å². The highest BCUT2D eigenvalue weighted by Gasteiger charge is 2.37. The molecule has 0 saturated carbocycles. The molecular formula is C15H7F6NS. The highest BCUT2D eigenvalue weighted by molar-refractivity contribution is 7.21. The van der Waals surface area contributed by atoms with Gasteiger partial charge >= 0.3 is 12.4 Å². The quantitative estimate of drug-likeness (QED) is 0.492. The smallest absolute Gasteiger partial charge is 0.236 e. The number of fused-ring (bicyclic) bond motifs is 1. The monoisotopic (exact) mass is 347 g/mol. The van der Waals surface area contributed by atoms with Gasteiger partial charge in [0.1, 0.15) is 5.01 Å². The van der Waals surface area contributed by atoms with Gasteiger partial charge in [-0.15, -0.1) is 11.3 Å². The van der Waals surface area contributed by atoms with E-state index in [0.29, 0.717) is 22.3 Å². The van der Waals surface area contributed by atoms with Crippen LogP contribution in [0, 0.1) is 0 Å². The van der Waals surface area contributed by atoms with Crippen LogP contribution in [0.2, 0.25) is 0 Å². The Morgan fingerprint density at radius 1 is 0.783 bits per heavy atom. The largest absolute Gasteiger partial charge is 0.416 e. The number of benzene rings is 2. The minimum absolute atomic E-state index is 0.108. The number of hydrogen-bond donors (Lipinski definition) is 0. The number of nitrogens with zero attached hydrogens (tertiary/aromatic N) is 1. The first kappa shape index (κ1) is 15.8. The normalized spacial score (nSPS) is 12.8. The predicted octanol–water partition coefficient (Wildman–Crippen LogP) is 6.00. The second-order valence-corrected chi connectivity index (χ2v) is 5.81. The maximum atomic E-state index is 12.9. The summed E-state index contributed by atoms with van der Waals surface area (Å²) in [5.41, 5.74) is -2.37. The average Bonchev–Trinajstić information content (AvgIpc) is 2.89. The van der Waals surface area contributed by atoms with Gasteiger partial charge < -0.3 is 0 Å². The number of thiazole rings is 1. The van der Waals surface area contributed by atoms with E-state index in [2.05, 4.69) is 4.98 Å². The molecule has 0 amide bonds. The van der Waals surface area contributed by atoms with Crippen molar-refractivity contribution in [1.29, 1.82) is 0 Å². The molecule has 0 fully saturated rings. The molecule has 0 atom stereocenters. The first-order chi connectivity index (χ1) is 10.6. The fourth-order valence-corrected chi connectivity index (χ4v) is 3.03. The number of aromatic nitrogens is 1. The van der Waals surface area contributed by atoms with Gasteiger partial charge in [-0.1, -0.05) is 12.1 Å². The summed E-state index contributed by atoms with van der Waals surface area (Å²) in [7, 11) is 0. The lowest BCUT2D eigenvalue weighted by molar-refractivity contribution is -0.143. The van der Waals surface area contributed by atoms with Crippen LogP contribution < -0.4 is 0 Å². The van der Waals surface area contributed by atoms with Gasteiger partial charge in [-0.2, -0.15) is 26.3 Å². The second-order valence-electron chi connectivity index (χ2n) is 4.78. The van der Waals surface area contributed by atoms with Gasteiger partial charge in [0, 0.05) is 5.56 Å². The van der Waals surface area contributed by atoms with E-state index in [1.54, 1.807) is 24.3 Å². The Hall–Kier alpha value is -2.09. The maximum Gasteiger partial charge on any atom is 0.416 e. The van der Waals surface area contributed by atoms with E-state index in [4.69, 9.17) is 0 Å². The minimum Gasteiger partial charge on any atom is -0.236 e. The third kappa shape index (κ3) is 3.17. The van der Waals surface area contributed by atoms with Crippen molar-refractivity contribution >= 4 is 21.6 Å². The maximum absolute atomic E-state index is 12.9. The van der Waals surface area contributed by atoms with E-state index < -0.39 is 23.5 Å². The van der Waals surface area contributed by atoms with E-state index in [-0.39, 0.29) is 16.6 Å². The van der Waals surface area contributed by atoms with E-state index in [1.165, 1.54) is 0 Å². The van der Waals surface area contributed by atoms with E-state index in [9.17, 15) is 26.3 Å². The van der Waals surface area contributed by atoms with Gasteiger partial charge in [0.15, 0.2) is 0 Å². The molecule has 0 spiro atoms. The van der Waals surface area contributed by atoms with E-state index in [0.717, 1.165) is 11.3 Å². The third-order valence-corrected chi connectivity index (χ3v) is 4.21. The van der Waals surface area contributed by atoms with Crippen LogP contribution in [0.25, 0.3) is 20.8 Å². The Morgan fingerprint density at radius 2 is 1.35 bits per heavy atom. The molecule has 0 bridgehead atoms. The highest BCUT2D eigenvalue weighted by atomic mass is 32.1. The minimum atomic E-state index is -4.87. The second kappa shape index (κ2) is 5.23. The van der Waals surface area contributed by atoms with Crippen molar-refractivity contribution in [1.82, 2.24) is 4.98 Å².